The molecule has 5 nitrogen and oxygen atoms in total. The lowest BCUT2D eigenvalue weighted by molar-refractivity contribution is -0.123. The van der Waals surface area contributed by atoms with Gasteiger partial charge in [0.05, 0.1) is 6.61 Å². The summed E-state index contributed by atoms with van der Waals surface area (Å²) in [6.45, 7) is 2.88. The maximum absolute atomic E-state index is 11.6. The highest BCUT2D eigenvalue weighted by Gasteiger charge is 2.09. The van der Waals surface area contributed by atoms with E-state index in [2.05, 4.69) is 21.2 Å². The van der Waals surface area contributed by atoms with Gasteiger partial charge in [-0.25, -0.2) is 0 Å². The minimum atomic E-state index is -0.170. The van der Waals surface area contributed by atoms with Gasteiger partial charge >= 0.3 is 0 Å². The molecule has 1 atom stereocenters. The number of hydrogen-bond donors (Lipinski definition) is 2. The molecule has 1 amide bonds. The monoisotopic (exact) mass is 344 g/mol. The van der Waals surface area contributed by atoms with Crippen molar-refractivity contribution >= 4 is 21.8 Å². The Hall–Kier alpha value is -1.11. The lowest BCUT2D eigenvalue weighted by atomic mass is 10.1. The molecule has 0 radical (unpaired) electrons. The van der Waals surface area contributed by atoms with Crippen molar-refractivity contribution in [2.45, 2.75) is 19.4 Å². The molecule has 3 N–H and O–H groups in total. The molecule has 20 heavy (non-hydrogen) atoms. The topological polar surface area (TPSA) is 73.6 Å². The summed E-state index contributed by atoms with van der Waals surface area (Å²) in [7, 11) is 1.59. The fourth-order valence-electron chi connectivity index (χ4n) is 1.68. The average molecular weight is 345 g/mol. The molecule has 0 aliphatic carbocycles. The van der Waals surface area contributed by atoms with E-state index < -0.39 is 0 Å². The molecule has 112 valence electrons. The van der Waals surface area contributed by atoms with Crippen LogP contribution in [0.5, 0.6) is 5.75 Å². The predicted octanol–water partition coefficient (Wildman–Crippen LogP) is 1.48. The van der Waals surface area contributed by atoms with Crippen molar-refractivity contribution in [2.75, 3.05) is 26.9 Å². The van der Waals surface area contributed by atoms with Gasteiger partial charge in [-0.3, -0.25) is 4.79 Å². The summed E-state index contributed by atoms with van der Waals surface area (Å²) in [5.74, 6) is 0.518. The fourth-order valence-corrected chi connectivity index (χ4v) is 2.09. The lowest BCUT2D eigenvalue weighted by Crippen LogP contribution is -2.31. The van der Waals surface area contributed by atoms with E-state index in [1.807, 2.05) is 25.1 Å². The first kappa shape index (κ1) is 16.9. The summed E-state index contributed by atoms with van der Waals surface area (Å²) in [6.07, 6.45) is 0.695. The van der Waals surface area contributed by atoms with Crippen LogP contribution in [0.1, 0.15) is 12.5 Å². The smallest absolute Gasteiger partial charge is 0.258 e. The maximum atomic E-state index is 11.6. The second-order valence-corrected chi connectivity index (χ2v) is 5.48. The van der Waals surface area contributed by atoms with Crippen LogP contribution in [-0.2, 0) is 16.0 Å². The van der Waals surface area contributed by atoms with E-state index in [-0.39, 0.29) is 18.6 Å². The minimum Gasteiger partial charge on any atom is -0.483 e. The van der Waals surface area contributed by atoms with E-state index in [1.54, 1.807) is 7.11 Å². The van der Waals surface area contributed by atoms with Crippen molar-refractivity contribution in [2.24, 2.45) is 5.73 Å². The zero-order valence-electron chi connectivity index (χ0n) is 11.8. The van der Waals surface area contributed by atoms with Gasteiger partial charge in [0.2, 0.25) is 0 Å². The number of benzene rings is 1. The van der Waals surface area contributed by atoms with Crippen LogP contribution in [0.25, 0.3) is 0 Å². The van der Waals surface area contributed by atoms with Crippen LogP contribution in [-0.4, -0.2) is 38.8 Å². The summed E-state index contributed by atoms with van der Waals surface area (Å²) >= 11 is 3.42. The van der Waals surface area contributed by atoms with E-state index in [1.165, 1.54) is 0 Å². The summed E-state index contributed by atoms with van der Waals surface area (Å²) < 4.78 is 11.4. The van der Waals surface area contributed by atoms with E-state index in [0.717, 1.165) is 10.0 Å². The van der Waals surface area contributed by atoms with Crippen LogP contribution in [0.3, 0.4) is 0 Å². The van der Waals surface area contributed by atoms with Gasteiger partial charge in [-0.15, -0.1) is 0 Å². The third-order valence-electron chi connectivity index (χ3n) is 2.55. The third kappa shape index (κ3) is 6.36. The molecular weight excluding hydrogens is 324 g/mol. The molecule has 0 saturated heterocycles. The molecule has 0 aliphatic heterocycles. The van der Waals surface area contributed by atoms with Crippen molar-refractivity contribution < 1.29 is 14.3 Å². The van der Waals surface area contributed by atoms with Crippen LogP contribution < -0.4 is 15.8 Å². The van der Waals surface area contributed by atoms with Gasteiger partial charge in [-0.2, -0.15) is 0 Å². The molecule has 0 heterocycles. The van der Waals surface area contributed by atoms with E-state index in [0.29, 0.717) is 25.3 Å². The molecule has 1 aromatic rings. The van der Waals surface area contributed by atoms with Crippen LogP contribution in [0.15, 0.2) is 22.7 Å². The van der Waals surface area contributed by atoms with Crippen molar-refractivity contribution in [1.82, 2.24) is 5.32 Å². The number of amides is 1. The number of hydrogen-bond acceptors (Lipinski definition) is 4. The number of carbonyl (C=O) groups excluding carboxylic acids is 1. The van der Waals surface area contributed by atoms with Crippen molar-refractivity contribution in [3.8, 4) is 5.75 Å². The lowest BCUT2D eigenvalue weighted by Gasteiger charge is -2.13. The minimum absolute atomic E-state index is 0.0166. The second-order valence-electron chi connectivity index (χ2n) is 4.56. The summed E-state index contributed by atoms with van der Waals surface area (Å²) in [6, 6.07) is 5.70. The molecule has 6 heteroatoms. The predicted molar refractivity (Wildman–Crippen MR) is 81.9 cm³/mol. The Morgan fingerprint density at radius 1 is 1.50 bits per heavy atom. The van der Waals surface area contributed by atoms with Gasteiger partial charge in [0.15, 0.2) is 6.61 Å². The molecule has 1 rings (SSSR count). The summed E-state index contributed by atoms with van der Waals surface area (Å²) in [5.41, 5.74) is 6.80. The number of nitrogens with two attached hydrogens (primary N) is 1. The van der Waals surface area contributed by atoms with Crippen LogP contribution in [0.2, 0.25) is 0 Å². The number of carbonyl (C=O) groups is 1. The summed E-state index contributed by atoms with van der Waals surface area (Å²) in [5, 5.41) is 2.70. The number of rotatable bonds is 8. The van der Waals surface area contributed by atoms with Gasteiger partial charge in [0, 0.05) is 24.2 Å². The number of methoxy groups -OCH3 is 1. The molecule has 1 aromatic carbocycles. The number of halogens is 1. The zero-order chi connectivity index (χ0) is 15.0. The molecule has 0 aliphatic rings. The SMILES string of the molecule is COCCNC(=O)COc1ccc(Br)cc1CC(C)N. The van der Waals surface area contributed by atoms with Gasteiger partial charge in [-0.1, -0.05) is 15.9 Å². The van der Waals surface area contributed by atoms with Crippen molar-refractivity contribution in [1.29, 1.82) is 0 Å². The van der Waals surface area contributed by atoms with E-state index in [4.69, 9.17) is 15.2 Å². The molecular formula is C14H21BrN2O3. The highest BCUT2D eigenvalue weighted by molar-refractivity contribution is 9.10. The zero-order valence-corrected chi connectivity index (χ0v) is 13.4. The Morgan fingerprint density at radius 3 is 2.90 bits per heavy atom. The van der Waals surface area contributed by atoms with Crippen molar-refractivity contribution in [3.63, 3.8) is 0 Å². The first-order valence-corrected chi connectivity index (χ1v) is 7.24. The normalized spacial score (nSPS) is 12.0. The van der Waals surface area contributed by atoms with Gasteiger partial charge < -0.3 is 20.5 Å². The number of ether oxygens (including phenoxy) is 2. The fraction of sp³-hybridized carbons (Fsp3) is 0.500. The first-order chi connectivity index (χ1) is 9.52. The summed E-state index contributed by atoms with van der Waals surface area (Å²) in [4.78, 5) is 11.6. The number of nitrogens with one attached hydrogen (secondary N) is 1. The third-order valence-corrected chi connectivity index (χ3v) is 3.04. The molecule has 0 aromatic heterocycles. The highest BCUT2D eigenvalue weighted by atomic mass is 79.9. The maximum Gasteiger partial charge on any atom is 0.258 e. The van der Waals surface area contributed by atoms with E-state index in [9.17, 15) is 4.79 Å². The Morgan fingerprint density at radius 2 is 2.25 bits per heavy atom. The quantitative estimate of drug-likeness (QED) is 0.700. The molecule has 0 bridgehead atoms. The average Bonchev–Trinajstić information content (AvgIpc) is 2.37. The first-order valence-electron chi connectivity index (χ1n) is 6.45. The van der Waals surface area contributed by atoms with Crippen LogP contribution in [0.4, 0.5) is 0 Å². The van der Waals surface area contributed by atoms with Crippen molar-refractivity contribution in [3.05, 3.63) is 28.2 Å². The Balaban J connectivity index is 2.56. The molecule has 0 spiro atoms. The Kier molecular flexibility index (Phi) is 7.58. The van der Waals surface area contributed by atoms with Crippen LogP contribution >= 0.6 is 15.9 Å². The Bertz CT molecular complexity index is 438. The van der Waals surface area contributed by atoms with Gasteiger partial charge in [-0.05, 0) is 37.1 Å². The molecule has 1 unspecified atom stereocenters. The largest absolute Gasteiger partial charge is 0.483 e. The second kappa shape index (κ2) is 8.94. The molecule has 0 fully saturated rings. The standard InChI is InChI=1S/C14H21BrN2O3/c1-10(16)7-11-8-12(15)3-4-13(11)20-9-14(18)17-5-6-19-2/h3-4,8,10H,5-7,9,16H2,1-2H3,(H,17,18). The van der Waals surface area contributed by atoms with Crippen LogP contribution in [0, 0.1) is 0 Å². The van der Waals surface area contributed by atoms with Gasteiger partial charge in [0.25, 0.3) is 5.91 Å². The Labute approximate surface area is 127 Å². The highest BCUT2D eigenvalue weighted by Crippen LogP contribution is 2.24. The van der Waals surface area contributed by atoms with Gasteiger partial charge in [0.1, 0.15) is 5.75 Å². The van der Waals surface area contributed by atoms with E-state index >= 15 is 0 Å². The molecule has 0 saturated carbocycles.